The SMILES string of the molecule is BrCc1ccc2nc(-c3ccccc3)[nH]c2c1.C1CCOC1.OCc1ccc2nc(-c3ccccc3)[nH]c2c1. The predicted octanol–water partition coefficient (Wildman–Crippen LogP) is 7.64. The first-order chi connectivity index (χ1) is 19.2. The van der Waals surface area contributed by atoms with Crippen LogP contribution in [0.15, 0.2) is 97.1 Å². The molecule has 0 bridgehead atoms. The Morgan fingerprint density at radius 2 is 1.15 bits per heavy atom. The number of hydrogen-bond acceptors (Lipinski definition) is 4. The zero-order valence-electron chi connectivity index (χ0n) is 21.6. The average molecular weight is 584 g/mol. The number of hydrogen-bond donors (Lipinski definition) is 3. The van der Waals surface area contributed by atoms with Gasteiger partial charge in [-0.2, -0.15) is 0 Å². The van der Waals surface area contributed by atoms with Gasteiger partial charge in [0.25, 0.3) is 0 Å². The van der Waals surface area contributed by atoms with E-state index in [1.807, 2.05) is 66.7 Å². The minimum absolute atomic E-state index is 0.0512. The Kier molecular flexibility index (Phi) is 9.17. The Labute approximate surface area is 236 Å². The van der Waals surface area contributed by atoms with Crippen molar-refractivity contribution in [2.75, 3.05) is 13.2 Å². The summed E-state index contributed by atoms with van der Waals surface area (Å²) in [5.74, 6) is 1.78. The molecular formula is C32H31BrN4O2. The van der Waals surface area contributed by atoms with Gasteiger partial charge in [-0.05, 0) is 48.2 Å². The summed E-state index contributed by atoms with van der Waals surface area (Å²) in [7, 11) is 0. The highest BCUT2D eigenvalue weighted by molar-refractivity contribution is 9.08. The second-order valence-electron chi connectivity index (χ2n) is 9.22. The Morgan fingerprint density at radius 3 is 1.59 bits per heavy atom. The molecule has 39 heavy (non-hydrogen) atoms. The highest BCUT2D eigenvalue weighted by Crippen LogP contribution is 2.22. The van der Waals surface area contributed by atoms with Gasteiger partial charge in [0.2, 0.25) is 0 Å². The molecule has 0 saturated carbocycles. The van der Waals surface area contributed by atoms with E-state index in [1.54, 1.807) is 0 Å². The lowest BCUT2D eigenvalue weighted by Crippen LogP contribution is -1.81. The van der Waals surface area contributed by atoms with Gasteiger partial charge in [-0.3, -0.25) is 0 Å². The number of aliphatic hydroxyl groups excluding tert-OH is 1. The predicted molar refractivity (Wildman–Crippen MR) is 162 cm³/mol. The summed E-state index contributed by atoms with van der Waals surface area (Å²) in [6, 6.07) is 32.2. The van der Waals surface area contributed by atoms with E-state index in [2.05, 4.69) is 66.2 Å². The summed E-state index contributed by atoms with van der Waals surface area (Å²) in [5.41, 5.74) is 8.28. The van der Waals surface area contributed by atoms with Crippen molar-refractivity contribution in [3.05, 3.63) is 108 Å². The molecule has 1 aliphatic rings. The van der Waals surface area contributed by atoms with Crippen LogP contribution in [0.1, 0.15) is 24.0 Å². The minimum Gasteiger partial charge on any atom is -0.392 e. The summed E-state index contributed by atoms with van der Waals surface area (Å²) < 4.78 is 4.94. The molecule has 7 heteroatoms. The molecule has 0 atom stereocenters. The van der Waals surface area contributed by atoms with Crippen LogP contribution in [0.5, 0.6) is 0 Å². The first-order valence-corrected chi connectivity index (χ1v) is 14.2. The van der Waals surface area contributed by atoms with E-state index in [0.29, 0.717) is 0 Å². The lowest BCUT2D eigenvalue weighted by molar-refractivity contribution is 0.198. The molecular weight excluding hydrogens is 552 g/mol. The molecule has 198 valence electrons. The number of nitrogens with zero attached hydrogens (tertiary/aromatic N) is 2. The van der Waals surface area contributed by atoms with Gasteiger partial charge in [0.15, 0.2) is 0 Å². The van der Waals surface area contributed by atoms with E-state index in [1.165, 1.54) is 18.4 Å². The van der Waals surface area contributed by atoms with Crippen molar-refractivity contribution in [1.82, 2.24) is 19.9 Å². The third kappa shape index (κ3) is 7.00. The molecule has 0 amide bonds. The Morgan fingerprint density at radius 1 is 0.667 bits per heavy atom. The third-order valence-corrected chi connectivity index (χ3v) is 7.00. The second-order valence-corrected chi connectivity index (χ2v) is 9.78. The van der Waals surface area contributed by atoms with Crippen LogP contribution >= 0.6 is 15.9 Å². The molecule has 1 saturated heterocycles. The molecule has 1 fully saturated rings. The third-order valence-electron chi connectivity index (χ3n) is 6.35. The molecule has 2 aromatic heterocycles. The van der Waals surface area contributed by atoms with Crippen molar-refractivity contribution >= 4 is 38.0 Å². The van der Waals surface area contributed by atoms with Crippen LogP contribution in [0.3, 0.4) is 0 Å². The molecule has 6 aromatic rings. The number of benzene rings is 4. The molecule has 0 aliphatic carbocycles. The van der Waals surface area contributed by atoms with Crippen LogP contribution in [0.4, 0.5) is 0 Å². The van der Waals surface area contributed by atoms with Crippen LogP contribution < -0.4 is 0 Å². The molecule has 6 nitrogen and oxygen atoms in total. The van der Waals surface area contributed by atoms with E-state index in [9.17, 15) is 0 Å². The lowest BCUT2D eigenvalue weighted by atomic mass is 10.2. The Balaban J connectivity index is 0.000000134. The number of fused-ring (bicyclic) bond motifs is 2. The summed E-state index contributed by atoms with van der Waals surface area (Å²) in [5, 5.41) is 9.95. The fourth-order valence-electron chi connectivity index (χ4n) is 4.27. The van der Waals surface area contributed by atoms with Crippen molar-refractivity contribution in [2.24, 2.45) is 0 Å². The Bertz CT molecular complexity index is 1480. The van der Waals surface area contributed by atoms with Gasteiger partial charge in [0.05, 0.1) is 28.7 Å². The van der Waals surface area contributed by atoms with Crippen LogP contribution in [0.25, 0.3) is 44.8 Å². The van der Waals surface area contributed by atoms with Gasteiger partial charge in [0.1, 0.15) is 11.6 Å². The first kappa shape index (κ1) is 26.8. The van der Waals surface area contributed by atoms with Crippen molar-refractivity contribution in [3.63, 3.8) is 0 Å². The fourth-order valence-corrected chi connectivity index (χ4v) is 4.62. The van der Waals surface area contributed by atoms with Gasteiger partial charge in [-0.1, -0.05) is 88.7 Å². The van der Waals surface area contributed by atoms with Gasteiger partial charge in [0, 0.05) is 29.7 Å². The maximum absolute atomic E-state index is 9.09. The number of imidazole rings is 2. The maximum Gasteiger partial charge on any atom is 0.138 e. The van der Waals surface area contributed by atoms with E-state index in [4.69, 9.17) is 9.84 Å². The van der Waals surface area contributed by atoms with Crippen LogP contribution in [0, 0.1) is 0 Å². The van der Waals surface area contributed by atoms with Crippen molar-refractivity contribution < 1.29 is 9.84 Å². The monoisotopic (exact) mass is 582 g/mol. The number of aliphatic hydroxyl groups is 1. The number of alkyl halides is 1. The maximum atomic E-state index is 9.09. The standard InChI is InChI=1S/C14H11BrN2.C14H12N2O.C4H8O/c15-9-10-6-7-12-13(8-10)17-14(16-12)11-4-2-1-3-5-11;17-9-10-6-7-12-13(8-10)16-14(15-12)11-4-2-1-3-5-11;1-2-4-5-3-1/h1-8H,9H2,(H,16,17);1-8,17H,9H2,(H,15,16);1-4H2. The smallest absolute Gasteiger partial charge is 0.138 e. The van der Waals surface area contributed by atoms with E-state index < -0.39 is 0 Å². The van der Waals surface area contributed by atoms with E-state index in [-0.39, 0.29) is 6.61 Å². The molecule has 3 N–H and O–H groups in total. The number of aromatic nitrogens is 4. The van der Waals surface area contributed by atoms with Gasteiger partial charge in [-0.25, -0.2) is 9.97 Å². The van der Waals surface area contributed by atoms with Gasteiger partial charge >= 0.3 is 0 Å². The fraction of sp³-hybridized carbons (Fsp3) is 0.188. The molecule has 0 radical (unpaired) electrons. The Hall–Kier alpha value is -3.78. The van der Waals surface area contributed by atoms with Gasteiger partial charge < -0.3 is 19.8 Å². The highest BCUT2D eigenvalue weighted by Gasteiger charge is 2.06. The quantitative estimate of drug-likeness (QED) is 0.186. The van der Waals surface area contributed by atoms with Crippen molar-refractivity contribution in [3.8, 4) is 22.8 Å². The molecule has 1 aliphatic heterocycles. The van der Waals surface area contributed by atoms with Crippen LogP contribution in [-0.4, -0.2) is 38.3 Å². The van der Waals surface area contributed by atoms with Crippen LogP contribution in [0.2, 0.25) is 0 Å². The highest BCUT2D eigenvalue weighted by atomic mass is 79.9. The van der Waals surface area contributed by atoms with Crippen LogP contribution in [-0.2, 0) is 16.7 Å². The van der Waals surface area contributed by atoms with Crippen molar-refractivity contribution in [2.45, 2.75) is 24.8 Å². The lowest BCUT2D eigenvalue weighted by Gasteiger charge is -1.94. The zero-order chi connectivity index (χ0) is 26.9. The summed E-state index contributed by atoms with van der Waals surface area (Å²) in [6.45, 7) is 2.05. The van der Waals surface area contributed by atoms with Gasteiger partial charge in [-0.15, -0.1) is 0 Å². The summed E-state index contributed by atoms with van der Waals surface area (Å²) in [4.78, 5) is 15.7. The minimum atomic E-state index is 0.0512. The zero-order valence-corrected chi connectivity index (χ0v) is 23.2. The number of H-pyrrole nitrogens is 2. The molecule has 7 rings (SSSR count). The molecule has 0 spiro atoms. The first-order valence-electron chi connectivity index (χ1n) is 13.1. The number of halogens is 1. The number of nitrogens with one attached hydrogen (secondary N) is 2. The van der Waals surface area contributed by atoms with Crippen molar-refractivity contribution in [1.29, 1.82) is 0 Å². The number of aromatic amines is 2. The number of ether oxygens (including phenoxy) is 1. The molecule has 4 aromatic carbocycles. The van der Waals surface area contributed by atoms with E-state index >= 15 is 0 Å². The topological polar surface area (TPSA) is 86.8 Å². The summed E-state index contributed by atoms with van der Waals surface area (Å²) >= 11 is 3.46. The largest absolute Gasteiger partial charge is 0.392 e. The normalized spacial score (nSPS) is 12.6. The average Bonchev–Trinajstić information content (AvgIpc) is 3.79. The second kappa shape index (κ2) is 13.3. The van der Waals surface area contributed by atoms with E-state index in [0.717, 1.165) is 68.9 Å². The summed E-state index contributed by atoms with van der Waals surface area (Å²) in [6.07, 6.45) is 2.56. The number of rotatable bonds is 4. The molecule has 0 unspecified atom stereocenters. The molecule has 3 heterocycles.